The normalized spacial score (nSPS) is 15.7. The molecule has 0 radical (unpaired) electrons. The van der Waals surface area contributed by atoms with Gasteiger partial charge in [-0.25, -0.2) is 13.5 Å². The summed E-state index contributed by atoms with van der Waals surface area (Å²) in [4.78, 5) is 5.72. The average Bonchev–Trinajstić information content (AvgIpc) is 3.50. The molecule has 5 rings (SSSR count). The highest BCUT2D eigenvalue weighted by atomic mass is 32.2. The minimum atomic E-state index is -1.17. The van der Waals surface area contributed by atoms with Crippen molar-refractivity contribution in [3.05, 3.63) is 53.4 Å². The number of hydrogen-bond donors (Lipinski definition) is 2. The second-order valence-corrected chi connectivity index (χ2v) is 11.0. The van der Waals surface area contributed by atoms with Crippen molar-refractivity contribution in [1.82, 2.24) is 18.9 Å². The van der Waals surface area contributed by atoms with Gasteiger partial charge in [-0.15, -0.1) is 0 Å². The molecular formula is C24H28N6OS2. The predicted octanol–water partition coefficient (Wildman–Crippen LogP) is 5.53. The Morgan fingerprint density at radius 3 is 2.61 bits per heavy atom. The molecule has 172 valence electrons. The molecule has 0 bridgehead atoms. The van der Waals surface area contributed by atoms with Crippen LogP contribution in [0.4, 0.5) is 17.3 Å². The van der Waals surface area contributed by atoms with Crippen molar-refractivity contribution >= 4 is 45.3 Å². The molecule has 2 N–H and O–H groups in total. The Kier molecular flexibility index (Phi) is 6.43. The standard InChI is InChI=1S/C24H28N6OS2/c1-29(2)33(31)20-10-8-19(9-11-20)27-23-14-22(26-18-6-4-3-5-7-18)28-24-21(15-25-30(23)24)17-12-13-32-16-17/h8-16,18,27H,3-7H2,1-2H3,(H,26,28). The molecule has 3 aromatic heterocycles. The first kappa shape index (κ1) is 22.1. The van der Waals surface area contributed by atoms with E-state index in [1.54, 1.807) is 29.7 Å². The van der Waals surface area contributed by atoms with E-state index in [9.17, 15) is 4.21 Å². The summed E-state index contributed by atoms with van der Waals surface area (Å²) in [6.07, 6.45) is 8.07. The summed E-state index contributed by atoms with van der Waals surface area (Å²) in [6.45, 7) is 0. The zero-order chi connectivity index (χ0) is 22.8. The van der Waals surface area contributed by atoms with Crippen LogP contribution in [0.25, 0.3) is 16.8 Å². The summed E-state index contributed by atoms with van der Waals surface area (Å²) in [5, 5.41) is 16.0. The molecule has 1 aliphatic carbocycles. The maximum absolute atomic E-state index is 12.3. The van der Waals surface area contributed by atoms with Gasteiger partial charge in [-0.2, -0.15) is 21.0 Å². The van der Waals surface area contributed by atoms with Crippen LogP contribution in [-0.2, 0) is 11.0 Å². The van der Waals surface area contributed by atoms with Crippen molar-refractivity contribution in [2.45, 2.75) is 43.0 Å². The number of thiophene rings is 1. The lowest BCUT2D eigenvalue weighted by molar-refractivity contribution is 0.462. The molecule has 9 heteroatoms. The molecule has 0 amide bonds. The molecule has 0 aliphatic heterocycles. The summed E-state index contributed by atoms with van der Waals surface area (Å²) in [5.74, 6) is 1.69. The number of anilines is 3. The zero-order valence-electron chi connectivity index (χ0n) is 18.8. The molecule has 0 spiro atoms. The Bertz CT molecular complexity index is 1240. The Hall–Kier alpha value is -2.75. The summed E-state index contributed by atoms with van der Waals surface area (Å²) in [6, 6.07) is 12.2. The lowest BCUT2D eigenvalue weighted by Gasteiger charge is -2.23. The van der Waals surface area contributed by atoms with Gasteiger partial charge in [-0.3, -0.25) is 0 Å². The number of benzene rings is 1. The lowest BCUT2D eigenvalue weighted by atomic mass is 9.95. The third kappa shape index (κ3) is 4.80. The molecule has 1 aromatic carbocycles. The number of nitrogens with one attached hydrogen (secondary N) is 2. The Labute approximate surface area is 200 Å². The van der Waals surface area contributed by atoms with Crippen LogP contribution in [-0.4, -0.2) is 43.2 Å². The highest BCUT2D eigenvalue weighted by Crippen LogP contribution is 2.31. The fraction of sp³-hybridized carbons (Fsp3) is 0.333. The number of rotatable bonds is 7. The minimum absolute atomic E-state index is 0.453. The molecule has 33 heavy (non-hydrogen) atoms. The van der Waals surface area contributed by atoms with E-state index in [1.165, 1.54) is 32.1 Å². The molecular weight excluding hydrogens is 452 g/mol. The van der Waals surface area contributed by atoms with Crippen LogP contribution in [0.1, 0.15) is 32.1 Å². The lowest BCUT2D eigenvalue weighted by Crippen LogP contribution is -2.23. The molecule has 7 nitrogen and oxygen atoms in total. The van der Waals surface area contributed by atoms with Crippen molar-refractivity contribution in [3.63, 3.8) is 0 Å². The second-order valence-electron chi connectivity index (χ2n) is 8.52. The van der Waals surface area contributed by atoms with Crippen LogP contribution in [0.15, 0.2) is 58.3 Å². The highest BCUT2D eigenvalue weighted by Gasteiger charge is 2.18. The SMILES string of the molecule is CN(C)S(=O)c1ccc(Nc2cc(NC3CCCCC3)nc3c(-c4ccsc4)cnn23)cc1. The third-order valence-corrected chi connectivity index (χ3v) is 7.94. The summed E-state index contributed by atoms with van der Waals surface area (Å²) in [5.41, 5.74) is 3.86. The smallest absolute Gasteiger partial charge is 0.167 e. The first-order chi connectivity index (χ1) is 16.1. The van der Waals surface area contributed by atoms with Crippen LogP contribution in [0.3, 0.4) is 0 Å². The quantitative estimate of drug-likeness (QED) is 0.364. The van der Waals surface area contributed by atoms with Crippen LogP contribution >= 0.6 is 11.3 Å². The molecule has 1 fully saturated rings. The monoisotopic (exact) mass is 480 g/mol. The first-order valence-electron chi connectivity index (χ1n) is 11.2. The van der Waals surface area contributed by atoms with Crippen molar-refractivity contribution < 1.29 is 4.21 Å². The van der Waals surface area contributed by atoms with Gasteiger partial charge in [0.1, 0.15) is 22.6 Å². The van der Waals surface area contributed by atoms with E-state index in [0.29, 0.717) is 6.04 Å². The summed E-state index contributed by atoms with van der Waals surface area (Å²) in [7, 11) is 2.45. The number of hydrogen-bond acceptors (Lipinski definition) is 6. The summed E-state index contributed by atoms with van der Waals surface area (Å²) < 4.78 is 15.9. The van der Waals surface area contributed by atoms with Crippen molar-refractivity contribution in [3.8, 4) is 11.1 Å². The first-order valence-corrected chi connectivity index (χ1v) is 13.3. The van der Waals surface area contributed by atoms with Crippen molar-refractivity contribution in [1.29, 1.82) is 0 Å². The van der Waals surface area contributed by atoms with E-state index >= 15 is 0 Å². The maximum Gasteiger partial charge on any atom is 0.167 e. The Balaban J connectivity index is 1.50. The van der Waals surface area contributed by atoms with E-state index in [-0.39, 0.29) is 0 Å². The van der Waals surface area contributed by atoms with E-state index in [4.69, 9.17) is 4.98 Å². The topological polar surface area (TPSA) is 74.6 Å². The van der Waals surface area contributed by atoms with E-state index in [0.717, 1.165) is 39.0 Å². The largest absolute Gasteiger partial charge is 0.367 e. The molecule has 4 aromatic rings. The van der Waals surface area contributed by atoms with E-state index in [2.05, 4.69) is 32.6 Å². The van der Waals surface area contributed by atoms with Gasteiger partial charge in [0.05, 0.1) is 11.1 Å². The average molecular weight is 481 g/mol. The number of fused-ring (bicyclic) bond motifs is 1. The van der Waals surface area contributed by atoms with Crippen molar-refractivity contribution in [2.24, 2.45) is 0 Å². The zero-order valence-corrected chi connectivity index (χ0v) is 20.5. The maximum atomic E-state index is 12.3. The van der Waals surface area contributed by atoms with E-state index < -0.39 is 11.0 Å². The molecule has 3 heterocycles. The molecule has 1 saturated carbocycles. The highest BCUT2D eigenvalue weighted by molar-refractivity contribution is 7.82. The van der Waals surface area contributed by atoms with Gasteiger partial charge >= 0.3 is 0 Å². The summed E-state index contributed by atoms with van der Waals surface area (Å²) >= 11 is 1.67. The number of nitrogens with zero attached hydrogens (tertiary/aromatic N) is 4. The van der Waals surface area contributed by atoms with Crippen LogP contribution in [0.2, 0.25) is 0 Å². The van der Waals surface area contributed by atoms with Gasteiger partial charge in [0.2, 0.25) is 0 Å². The van der Waals surface area contributed by atoms with Gasteiger partial charge in [0.15, 0.2) is 5.65 Å². The third-order valence-electron chi connectivity index (χ3n) is 5.92. The van der Waals surface area contributed by atoms with Crippen molar-refractivity contribution in [2.75, 3.05) is 24.7 Å². The molecule has 1 aliphatic rings. The van der Waals surface area contributed by atoms with Crippen LogP contribution in [0, 0.1) is 0 Å². The molecule has 1 unspecified atom stereocenters. The van der Waals surface area contributed by atoms with Gasteiger partial charge in [0, 0.05) is 23.4 Å². The van der Waals surface area contributed by atoms with Gasteiger partial charge in [-0.1, -0.05) is 19.3 Å². The molecule has 0 saturated heterocycles. The Morgan fingerprint density at radius 1 is 1.12 bits per heavy atom. The van der Waals surface area contributed by atoms with E-state index in [1.807, 2.05) is 41.0 Å². The molecule has 1 atom stereocenters. The minimum Gasteiger partial charge on any atom is -0.367 e. The van der Waals surface area contributed by atoms with Gasteiger partial charge in [0.25, 0.3) is 0 Å². The fourth-order valence-electron chi connectivity index (χ4n) is 4.22. The fourth-order valence-corrected chi connectivity index (χ4v) is 5.66. The van der Waals surface area contributed by atoms with Gasteiger partial charge < -0.3 is 10.6 Å². The second kappa shape index (κ2) is 9.62. The van der Waals surface area contributed by atoms with Crippen LogP contribution in [0.5, 0.6) is 0 Å². The van der Waals surface area contributed by atoms with Gasteiger partial charge in [-0.05, 0) is 73.6 Å². The number of aromatic nitrogens is 3. The Morgan fingerprint density at radius 2 is 1.91 bits per heavy atom. The van der Waals surface area contributed by atoms with Crippen LogP contribution < -0.4 is 10.6 Å². The predicted molar refractivity (Wildman–Crippen MR) is 137 cm³/mol.